The number of nitriles is 1. The molecule has 7 nitrogen and oxygen atoms in total. The second kappa shape index (κ2) is 9.52. The molecule has 0 saturated heterocycles. The minimum Gasteiger partial charge on any atom is -0.461 e. The van der Waals surface area contributed by atoms with Gasteiger partial charge in [-0.1, -0.05) is 24.3 Å². The largest absolute Gasteiger partial charge is 0.461 e. The number of nitrogens with one attached hydrogen (secondary N) is 1. The molecule has 0 radical (unpaired) electrons. The number of benzene rings is 2. The summed E-state index contributed by atoms with van der Waals surface area (Å²) in [5.41, 5.74) is 4.14. The highest BCUT2D eigenvalue weighted by atomic mass is 16.5. The van der Waals surface area contributed by atoms with E-state index in [-0.39, 0.29) is 24.6 Å². The van der Waals surface area contributed by atoms with E-state index in [2.05, 4.69) is 10.4 Å². The molecular formula is C23H22N4O3. The molecule has 0 saturated carbocycles. The Labute approximate surface area is 174 Å². The van der Waals surface area contributed by atoms with Crippen LogP contribution in [0.25, 0.3) is 16.9 Å². The van der Waals surface area contributed by atoms with Crippen LogP contribution in [0.1, 0.15) is 39.8 Å². The first-order valence-corrected chi connectivity index (χ1v) is 9.64. The van der Waals surface area contributed by atoms with Crippen LogP contribution >= 0.6 is 0 Å². The van der Waals surface area contributed by atoms with E-state index >= 15 is 0 Å². The summed E-state index contributed by atoms with van der Waals surface area (Å²) in [5, 5.41) is 15.7. The lowest BCUT2D eigenvalue weighted by molar-refractivity contribution is 0.0519. The number of amides is 1. The van der Waals surface area contributed by atoms with Crippen LogP contribution < -0.4 is 5.32 Å². The van der Waals surface area contributed by atoms with Gasteiger partial charge in [-0.3, -0.25) is 4.79 Å². The van der Waals surface area contributed by atoms with Crippen molar-refractivity contribution in [1.29, 1.82) is 5.26 Å². The van der Waals surface area contributed by atoms with Crippen molar-refractivity contribution in [3.05, 3.63) is 71.4 Å². The van der Waals surface area contributed by atoms with Crippen LogP contribution in [-0.4, -0.2) is 34.8 Å². The van der Waals surface area contributed by atoms with E-state index in [0.717, 1.165) is 16.8 Å². The summed E-state index contributed by atoms with van der Waals surface area (Å²) in [4.78, 5) is 24.4. The van der Waals surface area contributed by atoms with Crippen molar-refractivity contribution >= 4 is 11.9 Å². The predicted molar refractivity (Wildman–Crippen MR) is 112 cm³/mol. The van der Waals surface area contributed by atoms with Crippen LogP contribution in [-0.2, 0) is 4.74 Å². The smallest absolute Gasteiger partial charge is 0.358 e. The minimum atomic E-state index is -0.487. The van der Waals surface area contributed by atoms with Crippen molar-refractivity contribution in [2.75, 3.05) is 13.2 Å². The molecule has 3 rings (SSSR count). The van der Waals surface area contributed by atoms with Gasteiger partial charge in [0.25, 0.3) is 5.91 Å². The number of aromatic nitrogens is 2. The van der Waals surface area contributed by atoms with Gasteiger partial charge in [0.05, 0.1) is 30.5 Å². The molecule has 0 aliphatic carbocycles. The summed E-state index contributed by atoms with van der Waals surface area (Å²) in [5.74, 6) is -0.733. The zero-order valence-electron chi connectivity index (χ0n) is 16.9. The lowest BCUT2D eigenvalue weighted by atomic mass is 10.1. The van der Waals surface area contributed by atoms with Crippen LogP contribution in [0, 0.1) is 18.3 Å². The summed E-state index contributed by atoms with van der Waals surface area (Å²) in [6, 6.07) is 18.4. The van der Waals surface area contributed by atoms with E-state index in [1.165, 1.54) is 0 Å². The minimum absolute atomic E-state index is 0.216. The summed E-state index contributed by atoms with van der Waals surface area (Å²) in [6.45, 7) is 4.31. The normalized spacial score (nSPS) is 10.3. The molecule has 0 atom stereocenters. The molecule has 1 heterocycles. The molecule has 3 aromatic rings. The lowest BCUT2D eigenvalue weighted by Crippen LogP contribution is -2.24. The molecule has 1 aromatic heterocycles. The number of nitrogens with zero attached hydrogens (tertiary/aromatic N) is 3. The molecule has 0 unspecified atom stereocenters. The highest BCUT2D eigenvalue weighted by molar-refractivity contribution is 5.94. The molecule has 0 fully saturated rings. The first-order chi connectivity index (χ1) is 14.5. The maximum Gasteiger partial charge on any atom is 0.358 e. The number of esters is 1. The molecule has 0 spiro atoms. The second-order valence-electron chi connectivity index (χ2n) is 6.57. The molecule has 0 aliphatic heterocycles. The number of aryl methyl sites for hydroxylation is 1. The third-order valence-electron chi connectivity index (χ3n) is 4.51. The molecule has 30 heavy (non-hydrogen) atoms. The fourth-order valence-electron chi connectivity index (χ4n) is 3.02. The topological polar surface area (TPSA) is 97.0 Å². The highest BCUT2D eigenvalue weighted by Gasteiger charge is 2.19. The monoisotopic (exact) mass is 402 g/mol. The standard InChI is InChI=1S/C23H22N4O3/c1-3-30-23(29)20-15-21(19-8-5-4-7-16(19)2)27(26-20)18-11-9-17(10-12-18)22(28)25-14-6-13-24/h4-5,7-12,15H,3,6,14H2,1-2H3,(H,25,28). The first kappa shape index (κ1) is 20.8. The first-order valence-electron chi connectivity index (χ1n) is 9.64. The zero-order chi connectivity index (χ0) is 21.5. The Morgan fingerprint density at radius 3 is 2.57 bits per heavy atom. The Morgan fingerprint density at radius 1 is 1.17 bits per heavy atom. The number of rotatable bonds is 7. The number of hydrogen-bond acceptors (Lipinski definition) is 5. The SMILES string of the molecule is CCOC(=O)c1cc(-c2ccccc2C)n(-c2ccc(C(=O)NCCC#N)cc2)n1. The van der Waals surface area contributed by atoms with E-state index in [9.17, 15) is 9.59 Å². The molecule has 1 N–H and O–H groups in total. The van der Waals surface area contributed by atoms with E-state index < -0.39 is 5.97 Å². The fraction of sp³-hybridized carbons (Fsp3) is 0.217. The van der Waals surface area contributed by atoms with Gasteiger partial charge in [0.1, 0.15) is 0 Å². The molecular weight excluding hydrogens is 380 g/mol. The third kappa shape index (κ3) is 4.55. The quantitative estimate of drug-likeness (QED) is 0.480. The van der Waals surface area contributed by atoms with Crippen LogP contribution in [0.15, 0.2) is 54.6 Å². The Kier molecular flexibility index (Phi) is 6.60. The van der Waals surface area contributed by atoms with Crippen LogP contribution in [0.4, 0.5) is 0 Å². The van der Waals surface area contributed by atoms with Gasteiger partial charge < -0.3 is 10.1 Å². The number of carbonyl (C=O) groups is 2. The molecule has 2 aromatic carbocycles. The van der Waals surface area contributed by atoms with Gasteiger partial charge in [-0.25, -0.2) is 9.48 Å². The fourth-order valence-corrected chi connectivity index (χ4v) is 3.02. The number of hydrogen-bond donors (Lipinski definition) is 1. The zero-order valence-corrected chi connectivity index (χ0v) is 16.9. The van der Waals surface area contributed by atoms with Gasteiger partial charge in [0, 0.05) is 17.7 Å². The molecule has 152 valence electrons. The average Bonchev–Trinajstić information content (AvgIpc) is 3.20. The van der Waals surface area contributed by atoms with Crippen LogP contribution in [0.2, 0.25) is 0 Å². The van der Waals surface area contributed by atoms with Crippen molar-refractivity contribution in [1.82, 2.24) is 15.1 Å². The molecule has 0 aliphatic rings. The van der Waals surface area contributed by atoms with Gasteiger partial charge in [0.15, 0.2) is 5.69 Å². The van der Waals surface area contributed by atoms with Gasteiger partial charge in [-0.2, -0.15) is 10.4 Å². The van der Waals surface area contributed by atoms with E-state index in [1.807, 2.05) is 37.3 Å². The van der Waals surface area contributed by atoms with Gasteiger partial charge in [-0.05, 0) is 49.7 Å². The summed E-state index contributed by atoms with van der Waals surface area (Å²) in [6.07, 6.45) is 0.257. The van der Waals surface area contributed by atoms with Gasteiger partial charge in [-0.15, -0.1) is 0 Å². The third-order valence-corrected chi connectivity index (χ3v) is 4.51. The Hall–Kier alpha value is -3.92. The van der Waals surface area contributed by atoms with Crippen LogP contribution in [0.5, 0.6) is 0 Å². The number of ether oxygens (including phenoxy) is 1. The van der Waals surface area contributed by atoms with E-state index in [1.54, 1.807) is 41.9 Å². The summed E-state index contributed by atoms with van der Waals surface area (Å²) in [7, 11) is 0. The Morgan fingerprint density at radius 2 is 1.90 bits per heavy atom. The van der Waals surface area contributed by atoms with E-state index in [0.29, 0.717) is 17.8 Å². The average molecular weight is 402 g/mol. The predicted octanol–water partition coefficient (Wildman–Crippen LogP) is 3.67. The van der Waals surface area contributed by atoms with Crippen molar-refractivity contribution in [3.8, 4) is 23.0 Å². The van der Waals surface area contributed by atoms with Crippen molar-refractivity contribution in [3.63, 3.8) is 0 Å². The molecule has 1 amide bonds. The van der Waals surface area contributed by atoms with Crippen molar-refractivity contribution in [2.45, 2.75) is 20.3 Å². The second-order valence-corrected chi connectivity index (χ2v) is 6.57. The molecule has 7 heteroatoms. The van der Waals surface area contributed by atoms with Crippen LogP contribution in [0.3, 0.4) is 0 Å². The summed E-state index contributed by atoms with van der Waals surface area (Å²) >= 11 is 0. The lowest BCUT2D eigenvalue weighted by Gasteiger charge is -2.10. The maximum atomic E-state index is 12.3. The van der Waals surface area contributed by atoms with Gasteiger partial charge >= 0.3 is 5.97 Å². The van der Waals surface area contributed by atoms with Crippen molar-refractivity contribution in [2.24, 2.45) is 0 Å². The van der Waals surface area contributed by atoms with E-state index in [4.69, 9.17) is 10.00 Å². The summed E-state index contributed by atoms with van der Waals surface area (Å²) < 4.78 is 6.78. The number of carbonyl (C=O) groups excluding carboxylic acids is 2. The van der Waals surface area contributed by atoms with Crippen molar-refractivity contribution < 1.29 is 14.3 Å². The Balaban J connectivity index is 1.98. The van der Waals surface area contributed by atoms with Gasteiger partial charge in [0.2, 0.25) is 0 Å². The Bertz CT molecular complexity index is 1090. The molecule has 0 bridgehead atoms. The maximum absolute atomic E-state index is 12.3. The highest BCUT2D eigenvalue weighted by Crippen LogP contribution is 2.27.